The molecule has 0 aliphatic carbocycles. The first-order valence-electron chi connectivity index (χ1n) is 5.74. The minimum atomic E-state index is -0.143. The first-order chi connectivity index (χ1) is 7.54. The summed E-state index contributed by atoms with van der Waals surface area (Å²) in [5, 5.41) is 4.51. The molecule has 0 fully saturated rings. The smallest absolute Gasteiger partial charge is 0.243 e. The molecule has 2 N–H and O–H groups in total. The van der Waals surface area contributed by atoms with E-state index in [0.29, 0.717) is 17.1 Å². The van der Waals surface area contributed by atoms with Crippen molar-refractivity contribution in [2.24, 2.45) is 11.7 Å². The largest absolute Gasteiger partial charge is 0.338 e. The number of nitrogens with two attached hydrogens (primary N) is 1. The van der Waals surface area contributed by atoms with Gasteiger partial charge in [-0.15, -0.1) is 0 Å². The fourth-order valence-corrected chi connectivity index (χ4v) is 1.80. The van der Waals surface area contributed by atoms with Crippen LogP contribution in [0.25, 0.3) is 0 Å². The van der Waals surface area contributed by atoms with Crippen LogP contribution in [0.4, 0.5) is 0 Å². The van der Waals surface area contributed by atoms with Crippen molar-refractivity contribution in [1.82, 2.24) is 10.1 Å². The van der Waals surface area contributed by atoms with Gasteiger partial charge in [0.15, 0.2) is 5.82 Å². The third-order valence-corrected chi connectivity index (χ3v) is 3.66. The lowest BCUT2D eigenvalue weighted by Crippen LogP contribution is -2.18. The minimum Gasteiger partial charge on any atom is -0.338 e. The molecule has 0 aliphatic rings. The molecular weight excluding hydrogens is 222 g/mol. The molecular formula is C11H21N3OS. The molecule has 0 unspecified atom stereocenters. The highest BCUT2D eigenvalue weighted by molar-refractivity contribution is 7.99. The van der Waals surface area contributed by atoms with Gasteiger partial charge < -0.3 is 10.3 Å². The van der Waals surface area contributed by atoms with Crippen molar-refractivity contribution < 1.29 is 4.52 Å². The van der Waals surface area contributed by atoms with Crippen LogP contribution < -0.4 is 5.73 Å². The van der Waals surface area contributed by atoms with Gasteiger partial charge in [0, 0.05) is 0 Å². The van der Waals surface area contributed by atoms with Crippen LogP contribution in [-0.4, -0.2) is 15.4 Å². The third kappa shape index (κ3) is 3.79. The zero-order valence-electron chi connectivity index (χ0n) is 10.4. The summed E-state index contributed by atoms with van der Waals surface area (Å²) in [5.41, 5.74) is 6.02. The van der Waals surface area contributed by atoms with E-state index in [2.05, 4.69) is 37.8 Å². The van der Waals surface area contributed by atoms with Crippen LogP contribution in [-0.2, 0) is 5.75 Å². The molecule has 0 aliphatic heterocycles. The Morgan fingerprint density at radius 1 is 1.38 bits per heavy atom. The van der Waals surface area contributed by atoms with Gasteiger partial charge in [0.2, 0.25) is 5.89 Å². The Labute approximate surface area is 101 Å². The van der Waals surface area contributed by atoms with Gasteiger partial charge in [-0.1, -0.05) is 39.3 Å². The van der Waals surface area contributed by atoms with E-state index in [1.165, 1.54) is 0 Å². The number of hydrogen-bond donors (Lipinski definition) is 1. The molecule has 1 heterocycles. The van der Waals surface area contributed by atoms with Crippen molar-refractivity contribution in [3.8, 4) is 0 Å². The maximum absolute atomic E-state index is 6.02. The van der Waals surface area contributed by atoms with Crippen LogP contribution in [0.1, 0.15) is 51.9 Å². The average molecular weight is 243 g/mol. The molecule has 0 amide bonds. The van der Waals surface area contributed by atoms with Crippen LogP contribution >= 0.6 is 11.8 Å². The van der Waals surface area contributed by atoms with E-state index in [-0.39, 0.29) is 6.04 Å². The number of aromatic nitrogens is 2. The van der Waals surface area contributed by atoms with Gasteiger partial charge in [-0.25, -0.2) is 0 Å². The van der Waals surface area contributed by atoms with Crippen LogP contribution in [0, 0.1) is 5.92 Å². The first-order valence-corrected chi connectivity index (χ1v) is 6.79. The van der Waals surface area contributed by atoms with E-state index >= 15 is 0 Å². The van der Waals surface area contributed by atoms with Crippen molar-refractivity contribution >= 4 is 11.8 Å². The second-order valence-corrected chi connectivity index (χ2v) is 5.88. The molecule has 0 saturated heterocycles. The molecule has 5 heteroatoms. The van der Waals surface area contributed by atoms with Crippen molar-refractivity contribution in [3.05, 3.63) is 11.7 Å². The van der Waals surface area contributed by atoms with Gasteiger partial charge in [-0.2, -0.15) is 16.7 Å². The highest BCUT2D eigenvalue weighted by Gasteiger charge is 2.19. The molecule has 2 atom stereocenters. The SMILES string of the molecule is CC[C@H](C)[C@H](N)c1nc(CSC(C)C)no1. The molecule has 16 heavy (non-hydrogen) atoms. The predicted molar refractivity (Wildman–Crippen MR) is 67.1 cm³/mol. The van der Waals surface area contributed by atoms with Crippen molar-refractivity contribution in [2.75, 3.05) is 0 Å². The highest BCUT2D eigenvalue weighted by Crippen LogP contribution is 2.21. The zero-order chi connectivity index (χ0) is 12.1. The Kier molecular flexibility index (Phi) is 5.28. The van der Waals surface area contributed by atoms with Crippen molar-refractivity contribution in [3.63, 3.8) is 0 Å². The van der Waals surface area contributed by atoms with Gasteiger partial charge in [0.25, 0.3) is 0 Å². The monoisotopic (exact) mass is 243 g/mol. The molecule has 1 aromatic rings. The van der Waals surface area contributed by atoms with E-state index in [9.17, 15) is 0 Å². The van der Waals surface area contributed by atoms with Gasteiger partial charge in [-0.05, 0) is 11.2 Å². The van der Waals surface area contributed by atoms with Crippen LogP contribution in [0.2, 0.25) is 0 Å². The summed E-state index contributed by atoms with van der Waals surface area (Å²) in [6.07, 6.45) is 1.01. The maximum Gasteiger partial charge on any atom is 0.243 e. The lowest BCUT2D eigenvalue weighted by molar-refractivity contribution is 0.311. The Morgan fingerprint density at radius 3 is 2.62 bits per heavy atom. The van der Waals surface area contributed by atoms with Crippen LogP contribution in [0.15, 0.2) is 4.52 Å². The molecule has 0 bridgehead atoms. The van der Waals surface area contributed by atoms with E-state index in [4.69, 9.17) is 10.3 Å². The predicted octanol–water partition coefficient (Wildman–Crippen LogP) is 2.76. The van der Waals surface area contributed by atoms with Crippen LogP contribution in [0.3, 0.4) is 0 Å². The maximum atomic E-state index is 6.02. The lowest BCUT2D eigenvalue weighted by atomic mass is 10.0. The fraction of sp³-hybridized carbons (Fsp3) is 0.818. The second kappa shape index (κ2) is 6.25. The molecule has 0 aromatic carbocycles. The highest BCUT2D eigenvalue weighted by atomic mass is 32.2. The van der Waals surface area contributed by atoms with E-state index in [1.807, 2.05) is 0 Å². The fourth-order valence-electron chi connectivity index (χ4n) is 1.20. The molecule has 1 aromatic heterocycles. The Balaban J connectivity index is 2.57. The summed E-state index contributed by atoms with van der Waals surface area (Å²) >= 11 is 1.80. The summed E-state index contributed by atoms with van der Waals surface area (Å²) in [5.74, 6) is 2.46. The summed E-state index contributed by atoms with van der Waals surface area (Å²) in [4.78, 5) is 4.33. The molecule has 4 nitrogen and oxygen atoms in total. The standard InChI is InChI=1S/C11H21N3OS/c1-5-8(4)10(12)11-13-9(14-15-11)6-16-7(2)3/h7-8,10H,5-6,12H2,1-4H3/t8-,10-/m0/s1. The summed E-state index contributed by atoms with van der Waals surface area (Å²) < 4.78 is 5.18. The van der Waals surface area contributed by atoms with Crippen LogP contribution in [0.5, 0.6) is 0 Å². The number of hydrogen-bond acceptors (Lipinski definition) is 5. The van der Waals surface area contributed by atoms with E-state index < -0.39 is 0 Å². The molecule has 1 rings (SSSR count). The van der Waals surface area contributed by atoms with Gasteiger partial charge >= 0.3 is 0 Å². The normalized spacial score (nSPS) is 15.4. The third-order valence-electron chi connectivity index (χ3n) is 2.57. The Hall–Kier alpha value is -0.550. The minimum absolute atomic E-state index is 0.143. The Bertz CT molecular complexity index is 314. The molecule has 0 spiro atoms. The quantitative estimate of drug-likeness (QED) is 0.832. The van der Waals surface area contributed by atoms with Gasteiger partial charge in [0.1, 0.15) is 0 Å². The molecule has 0 radical (unpaired) electrons. The number of rotatable bonds is 6. The molecule has 0 saturated carbocycles. The topological polar surface area (TPSA) is 64.9 Å². The number of nitrogens with zero attached hydrogens (tertiary/aromatic N) is 2. The lowest BCUT2D eigenvalue weighted by Gasteiger charge is -2.12. The molecule has 92 valence electrons. The summed E-state index contributed by atoms with van der Waals surface area (Å²) in [6.45, 7) is 8.50. The van der Waals surface area contributed by atoms with Gasteiger partial charge in [0.05, 0.1) is 11.8 Å². The second-order valence-electron chi connectivity index (χ2n) is 4.32. The Morgan fingerprint density at radius 2 is 2.06 bits per heavy atom. The van der Waals surface area contributed by atoms with E-state index in [0.717, 1.165) is 18.0 Å². The average Bonchev–Trinajstić information content (AvgIpc) is 2.72. The van der Waals surface area contributed by atoms with E-state index in [1.54, 1.807) is 11.8 Å². The summed E-state index contributed by atoms with van der Waals surface area (Å²) in [6, 6.07) is -0.143. The van der Waals surface area contributed by atoms with Gasteiger partial charge in [-0.3, -0.25) is 0 Å². The van der Waals surface area contributed by atoms with Crippen molar-refractivity contribution in [1.29, 1.82) is 0 Å². The zero-order valence-corrected chi connectivity index (χ0v) is 11.3. The number of thioether (sulfide) groups is 1. The summed E-state index contributed by atoms with van der Waals surface area (Å²) in [7, 11) is 0. The first kappa shape index (κ1) is 13.5. The van der Waals surface area contributed by atoms with Crippen molar-refractivity contribution in [2.45, 2.75) is 51.2 Å².